The molecule has 112 valence electrons. The van der Waals surface area contributed by atoms with Crippen molar-refractivity contribution in [2.75, 3.05) is 13.2 Å². The van der Waals surface area contributed by atoms with Gasteiger partial charge >= 0.3 is 0 Å². The maximum atomic E-state index is 5.98. The molecule has 0 aromatic heterocycles. The molecule has 0 heterocycles. The number of ether oxygens (including phenoxy) is 2. The van der Waals surface area contributed by atoms with Gasteiger partial charge in [-0.1, -0.05) is 27.5 Å². The summed E-state index contributed by atoms with van der Waals surface area (Å²) in [6.07, 6.45) is 0. The molecule has 0 saturated carbocycles. The van der Waals surface area contributed by atoms with Gasteiger partial charge in [-0.15, -0.1) is 0 Å². The predicted octanol–water partition coefficient (Wildman–Crippen LogP) is 4.58. The molecule has 0 aliphatic carbocycles. The Morgan fingerprint density at radius 3 is 2.43 bits per heavy atom. The first-order chi connectivity index (χ1) is 10.1. The summed E-state index contributed by atoms with van der Waals surface area (Å²) in [6.45, 7) is 2.80. The quantitative estimate of drug-likeness (QED) is 0.757. The molecule has 21 heavy (non-hydrogen) atoms. The lowest BCUT2D eigenvalue weighted by Crippen LogP contribution is -2.12. The van der Waals surface area contributed by atoms with Crippen LogP contribution in [0.4, 0.5) is 0 Å². The monoisotopic (exact) mass is 369 g/mol. The first kappa shape index (κ1) is 16.1. The molecule has 2 N–H and O–H groups in total. The standard InChI is InChI=1S/C16H17BrClNO2/c1-11(19)15-10-13(18)4-7-16(15)21-9-8-20-14-5-2-12(17)3-6-14/h2-7,10-11H,8-9,19H2,1H3. The third-order valence-electron chi connectivity index (χ3n) is 2.89. The van der Waals surface area contributed by atoms with Crippen LogP contribution in [-0.2, 0) is 0 Å². The van der Waals surface area contributed by atoms with Gasteiger partial charge in [-0.2, -0.15) is 0 Å². The molecule has 0 bridgehead atoms. The molecule has 2 aromatic rings. The van der Waals surface area contributed by atoms with Crippen LogP contribution in [-0.4, -0.2) is 13.2 Å². The zero-order chi connectivity index (χ0) is 15.2. The molecule has 0 aliphatic rings. The SMILES string of the molecule is CC(N)c1cc(Cl)ccc1OCCOc1ccc(Br)cc1. The Morgan fingerprint density at radius 1 is 1.10 bits per heavy atom. The van der Waals surface area contributed by atoms with Gasteiger partial charge in [0.2, 0.25) is 0 Å². The van der Waals surface area contributed by atoms with Crippen LogP contribution in [0.1, 0.15) is 18.5 Å². The van der Waals surface area contributed by atoms with Crippen LogP contribution in [0.5, 0.6) is 11.5 Å². The van der Waals surface area contributed by atoms with E-state index in [0.29, 0.717) is 18.2 Å². The van der Waals surface area contributed by atoms with E-state index in [4.69, 9.17) is 26.8 Å². The minimum atomic E-state index is -0.133. The number of halogens is 2. The number of hydrogen-bond acceptors (Lipinski definition) is 3. The van der Waals surface area contributed by atoms with E-state index >= 15 is 0 Å². The van der Waals surface area contributed by atoms with Gasteiger partial charge in [-0.3, -0.25) is 0 Å². The van der Waals surface area contributed by atoms with Crippen molar-refractivity contribution < 1.29 is 9.47 Å². The van der Waals surface area contributed by atoms with Gasteiger partial charge in [0.15, 0.2) is 0 Å². The van der Waals surface area contributed by atoms with Crippen LogP contribution in [0.15, 0.2) is 46.9 Å². The van der Waals surface area contributed by atoms with Crippen molar-refractivity contribution in [2.24, 2.45) is 5.73 Å². The van der Waals surface area contributed by atoms with Gasteiger partial charge < -0.3 is 15.2 Å². The van der Waals surface area contributed by atoms with Crippen molar-refractivity contribution in [3.63, 3.8) is 0 Å². The highest BCUT2D eigenvalue weighted by molar-refractivity contribution is 9.10. The van der Waals surface area contributed by atoms with E-state index in [0.717, 1.165) is 21.5 Å². The summed E-state index contributed by atoms with van der Waals surface area (Å²) in [7, 11) is 0. The summed E-state index contributed by atoms with van der Waals surface area (Å²) in [5.41, 5.74) is 6.81. The average molecular weight is 371 g/mol. The summed E-state index contributed by atoms with van der Waals surface area (Å²) in [4.78, 5) is 0. The van der Waals surface area contributed by atoms with Crippen molar-refractivity contribution >= 4 is 27.5 Å². The van der Waals surface area contributed by atoms with E-state index in [1.165, 1.54) is 0 Å². The molecule has 1 unspecified atom stereocenters. The highest BCUT2D eigenvalue weighted by Gasteiger charge is 2.09. The van der Waals surface area contributed by atoms with E-state index < -0.39 is 0 Å². The lowest BCUT2D eigenvalue weighted by Gasteiger charge is -2.14. The molecule has 0 saturated heterocycles. The maximum absolute atomic E-state index is 5.98. The normalized spacial score (nSPS) is 12.0. The van der Waals surface area contributed by atoms with E-state index in [1.54, 1.807) is 6.07 Å². The Hall–Kier alpha value is -1.23. The van der Waals surface area contributed by atoms with Crippen LogP contribution in [0.3, 0.4) is 0 Å². The van der Waals surface area contributed by atoms with Crippen molar-refractivity contribution in [2.45, 2.75) is 13.0 Å². The maximum Gasteiger partial charge on any atom is 0.124 e. The Kier molecular flexibility index (Phi) is 5.91. The molecule has 0 radical (unpaired) electrons. The van der Waals surface area contributed by atoms with Crippen molar-refractivity contribution in [3.8, 4) is 11.5 Å². The van der Waals surface area contributed by atoms with Crippen LogP contribution >= 0.6 is 27.5 Å². The highest BCUT2D eigenvalue weighted by atomic mass is 79.9. The molecule has 2 aromatic carbocycles. The Labute approximate surface area is 138 Å². The smallest absolute Gasteiger partial charge is 0.124 e. The first-order valence-corrected chi connectivity index (χ1v) is 7.79. The predicted molar refractivity (Wildman–Crippen MR) is 89.2 cm³/mol. The fourth-order valence-corrected chi connectivity index (χ4v) is 2.29. The number of benzene rings is 2. The lowest BCUT2D eigenvalue weighted by molar-refractivity contribution is 0.215. The molecular formula is C16H17BrClNO2. The summed E-state index contributed by atoms with van der Waals surface area (Å²) in [5, 5.41) is 0.653. The summed E-state index contributed by atoms with van der Waals surface area (Å²) < 4.78 is 12.4. The van der Waals surface area contributed by atoms with Gasteiger partial charge in [0.05, 0.1) is 0 Å². The number of hydrogen-bond donors (Lipinski definition) is 1. The molecule has 0 fully saturated rings. The van der Waals surface area contributed by atoms with Crippen molar-refractivity contribution in [1.82, 2.24) is 0 Å². The van der Waals surface area contributed by atoms with Crippen LogP contribution in [0, 0.1) is 0 Å². The van der Waals surface area contributed by atoms with Crippen LogP contribution in [0.25, 0.3) is 0 Å². The second kappa shape index (κ2) is 7.69. The van der Waals surface area contributed by atoms with E-state index in [-0.39, 0.29) is 6.04 Å². The van der Waals surface area contributed by atoms with E-state index in [2.05, 4.69) is 15.9 Å². The van der Waals surface area contributed by atoms with Gasteiger partial charge in [0.25, 0.3) is 0 Å². The summed E-state index contributed by atoms with van der Waals surface area (Å²) in [5.74, 6) is 1.55. The third kappa shape index (κ3) is 4.92. The van der Waals surface area contributed by atoms with Gasteiger partial charge in [0.1, 0.15) is 24.7 Å². The highest BCUT2D eigenvalue weighted by Crippen LogP contribution is 2.27. The van der Waals surface area contributed by atoms with Gasteiger partial charge in [-0.05, 0) is 49.4 Å². The number of nitrogens with two attached hydrogens (primary N) is 1. The Bertz CT molecular complexity index is 587. The molecule has 0 aliphatic heterocycles. The molecule has 1 atom stereocenters. The zero-order valence-corrected chi connectivity index (χ0v) is 14.0. The molecule has 3 nitrogen and oxygen atoms in total. The largest absolute Gasteiger partial charge is 0.490 e. The minimum Gasteiger partial charge on any atom is -0.490 e. The Balaban J connectivity index is 1.87. The fourth-order valence-electron chi connectivity index (χ4n) is 1.85. The molecule has 0 spiro atoms. The Morgan fingerprint density at radius 2 is 1.76 bits per heavy atom. The number of rotatable bonds is 6. The van der Waals surface area contributed by atoms with Crippen molar-refractivity contribution in [1.29, 1.82) is 0 Å². The van der Waals surface area contributed by atoms with Gasteiger partial charge in [-0.25, -0.2) is 0 Å². The van der Waals surface area contributed by atoms with E-state index in [1.807, 2.05) is 43.3 Å². The fraction of sp³-hybridized carbons (Fsp3) is 0.250. The summed E-state index contributed by atoms with van der Waals surface area (Å²) in [6, 6.07) is 13.0. The first-order valence-electron chi connectivity index (χ1n) is 6.62. The topological polar surface area (TPSA) is 44.5 Å². The second-order valence-corrected chi connectivity index (χ2v) is 5.97. The van der Waals surface area contributed by atoms with E-state index in [9.17, 15) is 0 Å². The second-order valence-electron chi connectivity index (χ2n) is 4.62. The van der Waals surface area contributed by atoms with Gasteiger partial charge in [0, 0.05) is 21.1 Å². The minimum absolute atomic E-state index is 0.133. The van der Waals surface area contributed by atoms with Crippen molar-refractivity contribution in [3.05, 3.63) is 57.5 Å². The van der Waals surface area contributed by atoms with Crippen LogP contribution < -0.4 is 15.2 Å². The molecular weight excluding hydrogens is 354 g/mol. The third-order valence-corrected chi connectivity index (χ3v) is 3.65. The average Bonchev–Trinajstić information content (AvgIpc) is 2.46. The lowest BCUT2D eigenvalue weighted by atomic mass is 10.1. The zero-order valence-electron chi connectivity index (χ0n) is 11.7. The molecule has 0 amide bonds. The van der Waals surface area contributed by atoms with Crippen LogP contribution in [0.2, 0.25) is 5.02 Å². The summed E-state index contributed by atoms with van der Waals surface area (Å²) >= 11 is 9.36. The molecule has 2 rings (SSSR count). The molecule has 5 heteroatoms.